The predicted octanol–water partition coefficient (Wildman–Crippen LogP) is 4.10. The van der Waals surface area contributed by atoms with Crippen molar-refractivity contribution in [1.82, 2.24) is 9.80 Å². The topological polar surface area (TPSA) is 53.0 Å². The first kappa shape index (κ1) is 18.7. The molecule has 6 heteroatoms. The Morgan fingerprint density at radius 2 is 1.81 bits per heavy atom. The summed E-state index contributed by atoms with van der Waals surface area (Å²) in [4.78, 5) is 17.6. The minimum atomic E-state index is -0.483. The van der Waals surface area contributed by atoms with Crippen LogP contribution < -0.4 is 0 Å². The van der Waals surface area contributed by atoms with Crippen LogP contribution in [0.2, 0.25) is 0 Å². The van der Waals surface area contributed by atoms with E-state index in [4.69, 9.17) is 4.74 Å². The Hall–Kier alpha value is -2.05. The van der Waals surface area contributed by atoms with Gasteiger partial charge >= 0.3 is 6.09 Å². The van der Waals surface area contributed by atoms with Gasteiger partial charge in [-0.1, -0.05) is 24.3 Å². The molecule has 1 fully saturated rings. The van der Waals surface area contributed by atoms with E-state index in [-0.39, 0.29) is 12.1 Å². The summed E-state index contributed by atoms with van der Waals surface area (Å²) in [7, 11) is 0. The number of benzene rings is 1. The first-order valence-corrected chi connectivity index (χ1v) is 9.76. The van der Waals surface area contributed by atoms with Gasteiger partial charge in [-0.2, -0.15) is 0 Å². The zero-order chi connectivity index (χ0) is 18.7. The number of phenolic OH excluding ortho intramolecular Hbond substituents is 1. The van der Waals surface area contributed by atoms with Crippen molar-refractivity contribution in [2.75, 3.05) is 26.2 Å². The molecular weight excluding hydrogens is 348 g/mol. The molecule has 0 radical (unpaired) electrons. The number of aromatic hydroxyl groups is 1. The van der Waals surface area contributed by atoms with E-state index in [1.165, 1.54) is 4.88 Å². The molecule has 1 aliphatic heterocycles. The standard InChI is InChI=1S/C20H26N2O3S/c1-20(2,3)25-19(24)22-12-10-21(11-13-22)18(17-9-6-14-26-17)15-7-4-5-8-16(15)23/h4-9,14,18,23H,10-13H2,1-3H3/t18-/m1/s1. The van der Waals surface area contributed by atoms with Gasteiger partial charge in [-0.25, -0.2) is 4.79 Å². The maximum absolute atomic E-state index is 12.3. The van der Waals surface area contributed by atoms with Crippen LogP contribution in [-0.4, -0.2) is 52.8 Å². The normalized spacial score (nSPS) is 17.1. The van der Waals surface area contributed by atoms with Crippen molar-refractivity contribution in [2.45, 2.75) is 32.4 Å². The van der Waals surface area contributed by atoms with Crippen LogP contribution in [0.4, 0.5) is 4.79 Å². The van der Waals surface area contributed by atoms with Crippen LogP contribution in [0, 0.1) is 0 Å². The lowest BCUT2D eigenvalue weighted by Gasteiger charge is -2.39. The zero-order valence-corrected chi connectivity index (χ0v) is 16.3. The first-order chi connectivity index (χ1) is 12.3. The number of nitrogens with zero attached hydrogens (tertiary/aromatic N) is 2. The summed E-state index contributed by atoms with van der Waals surface area (Å²) < 4.78 is 5.48. The van der Waals surface area contributed by atoms with Gasteiger partial charge in [0.2, 0.25) is 0 Å². The van der Waals surface area contributed by atoms with Crippen LogP contribution in [0.5, 0.6) is 5.75 Å². The monoisotopic (exact) mass is 374 g/mol. The summed E-state index contributed by atoms with van der Waals surface area (Å²) >= 11 is 1.69. The van der Waals surface area contributed by atoms with Crippen molar-refractivity contribution in [3.63, 3.8) is 0 Å². The number of ether oxygens (including phenoxy) is 1. The summed E-state index contributed by atoms with van der Waals surface area (Å²) in [5.74, 6) is 0.306. The third kappa shape index (κ3) is 4.37. The Labute approximate surface area is 158 Å². The fourth-order valence-electron chi connectivity index (χ4n) is 3.18. The molecule has 140 valence electrons. The third-order valence-corrected chi connectivity index (χ3v) is 5.30. The minimum Gasteiger partial charge on any atom is -0.508 e. The second kappa shape index (κ2) is 7.68. The van der Waals surface area contributed by atoms with Crippen molar-refractivity contribution in [3.05, 3.63) is 52.2 Å². The fraction of sp³-hybridized carbons (Fsp3) is 0.450. The average molecular weight is 375 g/mol. The summed E-state index contributed by atoms with van der Waals surface area (Å²) in [5.41, 5.74) is 0.421. The molecular formula is C20H26N2O3S. The highest BCUT2D eigenvalue weighted by molar-refractivity contribution is 7.10. The molecule has 1 aliphatic rings. The molecule has 1 saturated heterocycles. The van der Waals surface area contributed by atoms with Gasteiger partial charge in [-0.05, 0) is 38.3 Å². The molecule has 2 aromatic rings. The maximum Gasteiger partial charge on any atom is 0.410 e. The van der Waals surface area contributed by atoms with E-state index < -0.39 is 5.60 Å². The second-order valence-electron chi connectivity index (χ2n) is 7.48. The average Bonchev–Trinajstić information content (AvgIpc) is 3.10. The number of para-hydroxylation sites is 1. The SMILES string of the molecule is CC(C)(C)OC(=O)N1CCN([C@@H](c2cccs2)c2ccccc2O)CC1. The zero-order valence-electron chi connectivity index (χ0n) is 15.5. The molecule has 0 saturated carbocycles. The van der Waals surface area contributed by atoms with Crippen LogP contribution in [0.3, 0.4) is 0 Å². The van der Waals surface area contributed by atoms with E-state index in [1.807, 2.05) is 45.0 Å². The van der Waals surface area contributed by atoms with E-state index in [9.17, 15) is 9.90 Å². The molecule has 26 heavy (non-hydrogen) atoms. The lowest BCUT2D eigenvalue weighted by Crippen LogP contribution is -2.50. The smallest absolute Gasteiger partial charge is 0.410 e. The highest BCUT2D eigenvalue weighted by Crippen LogP contribution is 2.36. The van der Waals surface area contributed by atoms with Crippen LogP contribution in [0.15, 0.2) is 41.8 Å². The van der Waals surface area contributed by atoms with Crippen molar-refractivity contribution < 1.29 is 14.6 Å². The number of thiophene rings is 1. The van der Waals surface area contributed by atoms with Gasteiger partial charge in [0.1, 0.15) is 11.4 Å². The first-order valence-electron chi connectivity index (χ1n) is 8.88. The Balaban J connectivity index is 1.75. The molecule has 1 aromatic heterocycles. The number of hydrogen-bond acceptors (Lipinski definition) is 5. The molecule has 1 N–H and O–H groups in total. The lowest BCUT2D eigenvalue weighted by molar-refractivity contribution is 0.0119. The summed E-state index contributed by atoms with van der Waals surface area (Å²) in [5, 5.41) is 12.4. The van der Waals surface area contributed by atoms with Crippen molar-refractivity contribution in [2.24, 2.45) is 0 Å². The summed E-state index contributed by atoms with van der Waals surface area (Å²) in [6.45, 7) is 8.34. The van der Waals surface area contributed by atoms with E-state index in [2.05, 4.69) is 16.3 Å². The van der Waals surface area contributed by atoms with Crippen molar-refractivity contribution >= 4 is 17.4 Å². The van der Waals surface area contributed by atoms with Gasteiger partial charge in [0.05, 0.1) is 6.04 Å². The van der Waals surface area contributed by atoms with Crippen LogP contribution in [0.25, 0.3) is 0 Å². The quantitative estimate of drug-likeness (QED) is 0.879. The number of carbonyl (C=O) groups is 1. The third-order valence-electron chi connectivity index (χ3n) is 4.38. The fourth-order valence-corrected chi connectivity index (χ4v) is 4.06. The van der Waals surface area contributed by atoms with Crippen LogP contribution >= 0.6 is 11.3 Å². The van der Waals surface area contributed by atoms with Gasteiger partial charge in [-0.3, -0.25) is 4.90 Å². The minimum absolute atomic E-state index is 0.00279. The highest BCUT2D eigenvalue weighted by Gasteiger charge is 2.31. The number of hydrogen-bond donors (Lipinski definition) is 1. The molecule has 2 heterocycles. The molecule has 1 amide bonds. The van der Waals surface area contributed by atoms with Gasteiger partial charge in [0, 0.05) is 36.6 Å². The molecule has 1 aromatic carbocycles. The molecule has 0 unspecified atom stereocenters. The number of carbonyl (C=O) groups excluding carboxylic acids is 1. The number of phenols is 1. The number of amides is 1. The Morgan fingerprint density at radius 1 is 1.12 bits per heavy atom. The Bertz CT molecular complexity index is 732. The maximum atomic E-state index is 12.3. The summed E-state index contributed by atoms with van der Waals surface area (Å²) in [6, 6.07) is 11.6. The van der Waals surface area contributed by atoms with E-state index in [1.54, 1.807) is 22.3 Å². The second-order valence-corrected chi connectivity index (χ2v) is 8.46. The Morgan fingerprint density at radius 3 is 2.38 bits per heavy atom. The largest absolute Gasteiger partial charge is 0.508 e. The Kier molecular flexibility index (Phi) is 5.53. The highest BCUT2D eigenvalue weighted by atomic mass is 32.1. The van der Waals surface area contributed by atoms with Gasteiger partial charge < -0.3 is 14.7 Å². The predicted molar refractivity (Wildman–Crippen MR) is 104 cm³/mol. The van der Waals surface area contributed by atoms with Crippen LogP contribution in [-0.2, 0) is 4.74 Å². The van der Waals surface area contributed by atoms with Crippen molar-refractivity contribution in [3.8, 4) is 5.75 Å². The van der Waals surface area contributed by atoms with E-state index >= 15 is 0 Å². The van der Waals surface area contributed by atoms with Gasteiger partial charge in [-0.15, -0.1) is 11.3 Å². The van der Waals surface area contributed by atoms with Crippen LogP contribution in [0.1, 0.15) is 37.3 Å². The number of piperazine rings is 1. The lowest BCUT2D eigenvalue weighted by atomic mass is 10.0. The number of rotatable bonds is 3. The molecule has 5 nitrogen and oxygen atoms in total. The van der Waals surface area contributed by atoms with E-state index in [0.717, 1.165) is 18.7 Å². The molecule has 1 atom stereocenters. The molecule has 0 spiro atoms. The van der Waals surface area contributed by atoms with Gasteiger partial charge in [0.15, 0.2) is 0 Å². The van der Waals surface area contributed by atoms with Gasteiger partial charge in [0.25, 0.3) is 0 Å². The molecule has 3 rings (SSSR count). The summed E-state index contributed by atoms with van der Waals surface area (Å²) in [6.07, 6.45) is -0.257. The van der Waals surface area contributed by atoms with Crippen molar-refractivity contribution in [1.29, 1.82) is 0 Å². The molecule has 0 bridgehead atoms. The van der Waals surface area contributed by atoms with E-state index in [0.29, 0.717) is 18.8 Å². The molecule has 0 aliphatic carbocycles.